The van der Waals surface area contributed by atoms with Crippen LogP contribution < -0.4 is 5.48 Å². The molecule has 8 heteroatoms. The molecular weight excluding hydrogens is 451 g/mol. The molecule has 0 bridgehead atoms. The number of halogens is 1. The maximum absolute atomic E-state index is 14.2. The van der Waals surface area contributed by atoms with E-state index in [0.717, 1.165) is 17.5 Å². The lowest BCUT2D eigenvalue weighted by Gasteiger charge is -2.29. The van der Waals surface area contributed by atoms with Gasteiger partial charge in [0.25, 0.3) is 5.91 Å². The molecule has 0 aliphatic heterocycles. The zero-order chi connectivity index (χ0) is 20.2. The van der Waals surface area contributed by atoms with Crippen LogP contribution in [-0.4, -0.2) is 16.1 Å². The molecular formula is C23H27FN2O2S3. The molecule has 2 atom stereocenters. The van der Waals surface area contributed by atoms with Crippen molar-refractivity contribution in [3.63, 3.8) is 0 Å². The predicted molar refractivity (Wildman–Crippen MR) is 132 cm³/mol. The second-order valence-electron chi connectivity index (χ2n) is 8.43. The van der Waals surface area contributed by atoms with Crippen LogP contribution in [0.2, 0.25) is 0 Å². The van der Waals surface area contributed by atoms with Gasteiger partial charge in [-0.25, -0.2) is 14.9 Å². The van der Waals surface area contributed by atoms with Crippen molar-refractivity contribution in [1.29, 1.82) is 0 Å². The van der Waals surface area contributed by atoms with Crippen molar-refractivity contribution in [2.24, 2.45) is 0 Å². The number of nitrogens with one attached hydrogen (secondary N) is 1. The summed E-state index contributed by atoms with van der Waals surface area (Å²) in [6, 6.07) is 11.3. The van der Waals surface area contributed by atoms with Gasteiger partial charge in [-0.1, -0.05) is 18.2 Å². The van der Waals surface area contributed by atoms with E-state index in [1.165, 1.54) is 28.6 Å². The highest BCUT2D eigenvalue weighted by Crippen LogP contribution is 2.50. The Bertz CT molecular complexity index is 1120. The SMILES string of the molecule is Cc1c(F)cccc1[C@]1(C(=O)NO)CC[C@H](c2ccc3sc(C4CC4)nc3c2)C1.S.S. The summed E-state index contributed by atoms with van der Waals surface area (Å²) >= 11 is 1.78. The first-order valence-corrected chi connectivity index (χ1v) is 10.9. The number of hydrogen-bond acceptors (Lipinski definition) is 4. The fourth-order valence-electron chi connectivity index (χ4n) is 4.86. The van der Waals surface area contributed by atoms with Crippen molar-refractivity contribution in [2.45, 2.75) is 56.3 Å². The normalized spacial score (nSPS) is 22.6. The number of hydrogen-bond donors (Lipinski definition) is 2. The highest BCUT2D eigenvalue weighted by molar-refractivity contribution is 7.59. The molecule has 5 rings (SSSR count). The number of benzene rings is 2. The molecule has 3 aromatic rings. The van der Waals surface area contributed by atoms with Gasteiger partial charge in [0.1, 0.15) is 5.82 Å². The molecule has 4 nitrogen and oxygen atoms in total. The summed E-state index contributed by atoms with van der Waals surface area (Å²) in [6.45, 7) is 1.70. The zero-order valence-corrected chi connectivity index (χ0v) is 20.1. The lowest BCUT2D eigenvalue weighted by atomic mass is 9.75. The quantitative estimate of drug-likeness (QED) is 0.381. The molecule has 2 N–H and O–H groups in total. The van der Waals surface area contributed by atoms with E-state index < -0.39 is 11.3 Å². The molecule has 2 saturated carbocycles. The van der Waals surface area contributed by atoms with Gasteiger partial charge in [-0.15, -0.1) is 11.3 Å². The number of amides is 1. The summed E-state index contributed by atoms with van der Waals surface area (Å²) in [5.74, 6) is 0.0108. The average Bonchev–Trinajstić information content (AvgIpc) is 3.34. The standard InChI is InChI=1S/C23H23FN2O2S.2H2S/c1-13-17(3-2-4-18(13)24)23(22(27)26-28)10-9-16(12-23)15-7-8-20-19(11-15)25-21(29-20)14-5-6-14;;/h2-4,7-8,11,14,16,28H,5-6,9-10,12H2,1H3,(H,26,27);2*1H2/t16-,23-;;/m0../s1. The van der Waals surface area contributed by atoms with Crippen LogP contribution in [-0.2, 0) is 10.2 Å². The van der Waals surface area contributed by atoms with Gasteiger partial charge in [-0.3, -0.25) is 10.0 Å². The largest absolute Gasteiger partial charge is 0.289 e. The Balaban J connectivity index is 0.00000136. The van der Waals surface area contributed by atoms with Crippen molar-refractivity contribution >= 4 is 54.5 Å². The number of carbonyl (C=O) groups excluding carboxylic acids is 1. The first-order valence-electron chi connectivity index (χ1n) is 10.1. The van der Waals surface area contributed by atoms with Gasteiger partial charge in [0, 0.05) is 5.92 Å². The van der Waals surface area contributed by atoms with Crippen LogP contribution in [0.25, 0.3) is 10.2 Å². The van der Waals surface area contributed by atoms with Crippen LogP contribution in [0.1, 0.15) is 65.6 Å². The van der Waals surface area contributed by atoms with Crippen molar-refractivity contribution in [2.75, 3.05) is 0 Å². The molecule has 0 unspecified atom stereocenters. The molecule has 2 fully saturated rings. The van der Waals surface area contributed by atoms with Crippen LogP contribution in [0.3, 0.4) is 0 Å². The summed E-state index contributed by atoms with van der Waals surface area (Å²) in [5.41, 5.74) is 4.24. The Morgan fingerprint density at radius 1 is 1.19 bits per heavy atom. The number of fused-ring (bicyclic) bond motifs is 1. The van der Waals surface area contributed by atoms with Crippen LogP contribution in [0.4, 0.5) is 4.39 Å². The van der Waals surface area contributed by atoms with Crippen LogP contribution in [0.15, 0.2) is 36.4 Å². The zero-order valence-electron chi connectivity index (χ0n) is 17.2. The molecule has 166 valence electrons. The third-order valence-electron chi connectivity index (χ3n) is 6.66. The maximum atomic E-state index is 14.2. The molecule has 2 aromatic carbocycles. The highest BCUT2D eigenvalue weighted by Gasteiger charge is 2.48. The molecule has 2 aliphatic carbocycles. The maximum Gasteiger partial charge on any atom is 0.254 e. The molecule has 31 heavy (non-hydrogen) atoms. The Kier molecular flexibility index (Phi) is 7.05. The molecule has 1 amide bonds. The van der Waals surface area contributed by atoms with Crippen molar-refractivity contribution in [3.8, 4) is 0 Å². The molecule has 2 aliphatic rings. The Labute approximate surface area is 199 Å². The minimum absolute atomic E-state index is 0. The molecule has 1 aromatic heterocycles. The smallest absolute Gasteiger partial charge is 0.254 e. The van der Waals surface area contributed by atoms with Crippen molar-refractivity contribution < 1.29 is 14.4 Å². The van der Waals surface area contributed by atoms with Crippen LogP contribution in [0, 0.1) is 12.7 Å². The van der Waals surface area contributed by atoms with Gasteiger partial charge in [-0.2, -0.15) is 27.0 Å². The molecule has 0 saturated heterocycles. The van der Waals surface area contributed by atoms with Crippen molar-refractivity contribution in [3.05, 3.63) is 63.9 Å². The van der Waals surface area contributed by atoms with Crippen molar-refractivity contribution in [1.82, 2.24) is 10.5 Å². The number of nitrogens with zero attached hydrogens (tertiary/aromatic N) is 1. The lowest BCUT2D eigenvalue weighted by molar-refractivity contribution is -0.135. The number of aromatic nitrogens is 1. The van der Waals surface area contributed by atoms with E-state index in [1.807, 2.05) is 11.5 Å². The van der Waals surface area contributed by atoms with Gasteiger partial charge >= 0.3 is 0 Å². The van der Waals surface area contributed by atoms with E-state index in [-0.39, 0.29) is 38.7 Å². The number of carbonyl (C=O) groups is 1. The first-order chi connectivity index (χ1) is 14.0. The summed E-state index contributed by atoms with van der Waals surface area (Å²) in [7, 11) is 0. The van der Waals surface area contributed by atoms with Gasteiger partial charge < -0.3 is 0 Å². The second-order valence-corrected chi connectivity index (χ2v) is 9.49. The summed E-state index contributed by atoms with van der Waals surface area (Å²) < 4.78 is 15.4. The Morgan fingerprint density at radius 2 is 1.97 bits per heavy atom. The van der Waals surface area contributed by atoms with E-state index in [2.05, 4.69) is 18.2 Å². The molecule has 0 radical (unpaired) electrons. The topological polar surface area (TPSA) is 62.2 Å². The third-order valence-corrected chi connectivity index (χ3v) is 7.86. The molecule has 1 heterocycles. The number of thiazole rings is 1. The van der Waals surface area contributed by atoms with Gasteiger partial charge in [0.05, 0.1) is 20.6 Å². The van der Waals surface area contributed by atoms with E-state index in [0.29, 0.717) is 29.9 Å². The molecule has 0 spiro atoms. The Hall–Kier alpha value is -1.61. The van der Waals surface area contributed by atoms with Gasteiger partial charge in [0.2, 0.25) is 0 Å². The first kappa shape index (κ1) is 24.0. The summed E-state index contributed by atoms with van der Waals surface area (Å²) in [4.78, 5) is 17.6. The summed E-state index contributed by atoms with van der Waals surface area (Å²) in [6.07, 6.45) is 4.38. The third kappa shape index (κ3) is 4.11. The van der Waals surface area contributed by atoms with Crippen LogP contribution >= 0.6 is 38.3 Å². The predicted octanol–water partition coefficient (Wildman–Crippen LogP) is 5.56. The highest BCUT2D eigenvalue weighted by atomic mass is 32.1. The second kappa shape index (κ2) is 9.10. The van der Waals surface area contributed by atoms with E-state index in [1.54, 1.807) is 24.3 Å². The number of rotatable bonds is 4. The van der Waals surface area contributed by atoms with Gasteiger partial charge in [0.15, 0.2) is 0 Å². The monoisotopic (exact) mass is 478 g/mol. The van der Waals surface area contributed by atoms with Crippen LogP contribution in [0.5, 0.6) is 0 Å². The fraction of sp³-hybridized carbons (Fsp3) is 0.391. The number of hydroxylamine groups is 1. The van der Waals surface area contributed by atoms with Gasteiger partial charge in [-0.05, 0) is 79.8 Å². The minimum atomic E-state index is -0.929. The fourth-order valence-corrected chi connectivity index (χ4v) is 5.97. The van der Waals surface area contributed by atoms with E-state index in [9.17, 15) is 14.4 Å². The average molecular weight is 479 g/mol. The van der Waals surface area contributed by atoms with E-state index in [4.69, 9.17) is 4.98 Å². The minimum Gasteiger partial charge on any atom is -0.289 e. The van der Waals surface area contributed by atoms with E-state index >= 15 is 0 Å². The lowest BCUT2D eigenvalue weighted by Crippen LogP contribution is -2.42. The summed E-state index contributed by atoms with van der Waals surface area (Å²) in [5, 5.41) is 10.7. The Morgan fingerprint density at radius 3 is 2.68 bits per heavy atom.